The topological polar surface area (TPSA) is 187 Å². The van der Waals surface area contributed by atoms with Crippen molar-refractivity contribution < 1.29 is 58.1 Å². The summed E-state index contributed by atoms with van der Waals surface area (Å²) in [6.07, 6.45) is 19.9. The molecule has 12 nitrogen and oxygen atoms in total. The monoisotopic (exact) mass is 800 g/mol. The predicted octanol–water partition coefficient (Wildman–Crippen LogP) is 7.03. The summed E-state index contributed by atoms with van der Waals surface area (Å²) >= 11 is 0. The van der Waals surface area contributed by atoms with Crippen molar-refractivity contribution in [2.45, 2.75) is 217 Å². The first-order valence-corrected chi connectivity index (χ1v) is 22.7. The molecule has 0 aromatic heterocycles. The van der Waals surface area contributed by atoms with Gasteiger partial charge in [0.05, 0.1) is 89.5 Å². The number of rotatable bonds is 11. The molecular formula is C45H68O12. The maximum atomic E-state index is 12.0. The normalized spacial score (nSPS) is 52.4. The van der Waals surface area contributed by atoms with Crippen molar-refractivity contribution in [3.63, 3.8) is 0 Å². The summed E-state index contributed by atoms with van der Waals surface area (Å²) in [4.78, 5) is 35.7. The van der Waals surface area contributed by atoms with Crippen molar-refractivity contribution in [1.29, 1.82) is 0 Å². The first-order chi connectivity index (χ1) is 27.0. The zero-order valence-corrected chi connectivity index (χ0v) is 34.8. The number of hydrogen-bond acceptors (Lipinski definition) is 9. The van der Waals surface area contributed by atoms with Gasteiger partial charge in [-0.1, -0.05) is 27.7 Å². The third-order valence-electron chi connectivity index (χ3n) is 17.7. The molecule has 0 bridgehead atoms. The zero-order valence-electron chi connectivity index (χ0n) is 34.8. The molecule has 5 aliphatic carbocycles. The molecule has 0 aromatic rings. The molecule has 57 heavy (non-hydrogen) atoms. The van der Waals surface area contributed by atoms with Gasteiger partial charge in [0.15, 0.2) is 0 Å². The van der Waals surface area contributed by atoms with E-state index in [1.807, 2.05) is 6.92 Å². The Bertz CT molecular complexity index is 1570. The lowest BCUT2D eigenvalue weighted by Crippen LogP contribution is -2.47. The lowest BCUT2D eigenvalue weighted by molar-refractivity contribution is -0.159. The lowest BCUT2D eigenvalue weighted by Gasteiger charge is -2.45. The van der Waals surface area contributed by atoms with Crippen LogP contribution in [0.15, 0.2) is 0 Å². The van der Waals surface area contributed by atoms with Crippen LogP contribution in [0.5, 0.6) is 0 Å². The molecule has 6 heterocycles. The van der Waals surface area contributed by atoms with Gasteiger partial charge >= 0.3 is 17.9 Å². The minimum Gasteiger partial charge on any atom is -0.481 e. The molecule has 11 fully saturated rings. The van der Waals surface area contributed by atoms with E-state index in [1.54, 1.807) is 0 Å². The van der Waals surface area contributed by atoms with Gasteiger partial charge in [-0.15, -0.1) is 0 Å². The summed E-state index contributed by atoms with van der Waals surface area (Å²) in [7, 11) is 0. The van der Waals surface area contributed by atoms with Crippen molar-refractivity contribution >= 4 is 17.9 Å². The van der Waals surface area contributed by atoms with Crippen LogP contribution in [-0.4, -0.2) is 106 Å². The van der Waals surface area contributed by atoms with Gasteiger partial charge in [-0.05, 0) is 145 Å². The standard InChI is InChI=1S/C16H24O4.C15H24O4.C14H20O4/c1-8-3-11-13(19-11)5-10(8)6-16(15(17)18)7-14-12(20-14)4-9(16)2;1-4-9-12(18-9)8-15(3,13(16)17)14(2)6-5-10-11(7-14)19-10;15-13(16)14(4-3-10-12(7-14)18-10)6-8-1-2-9-11(5-8)17-9/h8-14H,3-7H2,1-2H3,(H,17,18);9-12H,4-8H2,1-3H3,(H,16,17);8-12H,1-7H2,(H,15,16). The van der Waals surface area contributed by atoms with Gasteiger partial charge in [-0.3, -0.25) is 14.4 Å². The number of aliphatic carboxylic acids is 3. The predicted molar refractivity (Wildman–Crippen MR) is 205 cm³/mol. The molecule has 3 N–H and O–H groups in total. The van der Waals surface area contributed by atoms with Crippen LogP contribution >= 0.6 is 0 Å². The van der Waals surface area contributed by atoms with E-state index in [2.05, 4.69) is 27.7 Å². The molecule has 0 spiro atoms. The highest BCUT2D eigenvalue weighted by molar-refractivity contribution is 5.76. The van der Waals surface area contributed by atoms with Crippen molar-refractivity contribution in [3.8, 4) is 0 Å². The van der Waals surface area contributed by atoms with Crippen molar-refractivity contribution in [3.05, 3.63) is 0 Å². The summed E-state index contributed by atoms with van der Waals surface area (Å²) in [6, 6.07) is 0. The number of carbonyl (C=O) groups is 3. The van der Waals surface area contributed by atoms with Crippen molar-refractivity contribution in [2.75, 3.05) is 0 Å². The maximum Gasteiger partial charge on any atom is 0.310 e. The molecule has 11 rings (SSSR count). The summed E-state index contributed by atoms with van der Waals surface area (Å²) in [5.41, 5.74) is -1.97. The quantitative estimate of drug-likeness (QED) is 0.182. The Hall–Kier alpha value is -1.83. The average Bonchev–Trinajstić information content (AvgIpc) is 3.94. The molecule has 20 unspecified atom stereocenters. The molecule has 320 valence electrons. The molecule has 6 saturated heterocycles. The van der Waals surface area contributed by atoms with Gasteiger partial charge in [0, 0.05) is 0 Å². The number of epoxide rings is 6. The van der Waals surface area contributed by atoms with Gasteiger partial charge in [0.25, 0.3) is 0 Å². The smallest absolute Gasteiger partial charge is 0.310 e. The van der Waals surface area contributed by atoms with Crippen molar-refractivity contribution in [1.82, 2.24) is 0 Å². The largest absolute Gasteiger partial charge is 0.481 e. The van der Waals surface area contributed by atoms with Gasteiger partial charge in [0.1, 0.15) is 0 Å². The van der Waals surface area contributed by atoms with E-state index < -0.39 is 34.2 Å². The van der Waals surface area contributed by atoms with E-state index in [9.17, 15) is 29.7 Å². The Labute approximate surface area is 337 Å². The molecule has 0 amide bonds. The summed E-state index contributed by atoms with van der Waals surface area (Å²) in [5, 5.41) is 29.3. The van der Waals surface area contributed by atoms with Crippen LogP contribution in [0, 0.1) is 45.3 Å². The third kappa shape index (κ3) is 7.95. The van der Waals surface area contributed by atoms with Crippen LogP contribution in [0.1, 0.15) is 144 Å². The van der Waals surface area contributed by atoms with Crippen LogP contribution in [0.3, 0.4) is 0 Å². The first-order valence-electron chi connectivity index (χ1n) is 22.7. The van der Waals surface area contributed by atoms with E-state index in [0.29, 0.717) is 79.4 Å². The minimum absolute atomic E-state index is 0.140. The maximum absolute atomic E-state index is 12.0. The fourth-order valence-electron chi connectivity index (χ4n) is 12.8. The summed E-state index contributed by atoms with van der Waals surface area (Å²) in [6.45, 7) is 10.5. The molecule has 0 aromatic carbocycles. The molecule has 0 radical (unpaired) electrons. The van der Waals surface area contributed by atoms with Crippen LogP contribution in [0.25, 0.3) is 0 Å². The number of fused-ring (bicyclic) bond motifs is 5. The number of hydrogen-bond donors (Lipinski definition) is 3. The van der Waals surface area contributed by atoms with Gasteiger partial charge < -0.3 is 43.7 Å². The van der Waals surface area contributed by atoms with Crippen LogP contribution < -0.4 is 0 Å². The molecule has 6 aliphatic heterocycles. The number of carboxylic acid groups (broad SMARTS) is 3. The second-order valence-corrected chi connectivity index (χ2v) is 21.3. The highest BCUT2D eigenvalue weighted by Gasteiger charge is 2.62. The fraction of sp³-hybridized carbons (Fsp3) is 0.933. The fourth-order valence-corrected chi connectivity index (χ4v) is 12.8. The van der Waals surface area contributed by atoms with Crippen molar-refractivity contribution in [2.24, 2.45) is 45.3 Å². The van der Waals surface area contributed by atoms with E-state index >= 15 is 0 Å². The van der Waals surface area contributed by atoms with E-state index in [-0.39, 0.29) is 35.7 Å². The third-order valence-corrected chi connectivity index (χ3v) is 17.7. The molecule has 5 saturated carbocycles. The summed E-state index contributed by atoms with van der Waals surface area (Å²) < 4.78 is 33.5. The van der Waals surface area contributed by atoms with E-state index in [1.165, 1.54) is 0 Å². The Kier molecular flexibility index (Phi) is 10.4. The molecule has 20 atom stereocenters. The summed E-state index contributed by atoms with van der Waals surface area (Å²) in [5.74, 6) is -0.0544. The highest BCUT2D eigenvalue weighted by Crippen LogP contribution is 2.59. The van der Waals surface area contributed by atoms with Crippen LogP contribution in [0.4, 0.5) is 0 Å². The number of carboxylic acids is 3. The molecule has 12 heteroatoms. The first kappa shape index (κ1) is 40.6. The molecule has 11 aliphatic rings. The van der Waals surface area contributed by atoms with Gasteiger partial charge in [-0.25, -0.2) is 0 Å². The Morgan fingerprint density at radius 3 is 1.86 bits per heavy atom. The van der Waals surface area contributed by atoms with E-state index in [0.717, 1.165) is 96.3 Å². The number of ether oxygens (including phenoxy) is 6. The highest BCUT2D eigenvalue weighted by atomic mass is 16.6. The van der Waals surface area contributed by atoms with Gasteiger partial charge in [-0.2, -0.15) is 0 Å². The zero-order chi connectivity index (χ0) is 40.2. The average molecular weight is 801 g/mol. The Morgan fingerprint density at radius 2 is 1.23 bits per heavy atom. The van der Waals surface area contributed by atoms with Crippen LogP contribution in [0.2, 0.25) is 0 Å². The molecular weight excluding hydrogens is 732 g/mol. The van der Waals surface area contributed by atoms with Crippen LogP contribution in [-0.2, 0) is 42.8 Å². The van der Waals surface area contributed by atoms with E-state index in [4.69, 9.17) is 28.4 Å². The minimum atomic E-state index is -0.710. The Morgan fingerprint density at radius 1 is 0.632 bits per heavy atom. The second kappa shape index (κ2) is 14.7. The lowest BCUT2D eigenvalue weighted by atomic mass is 9.57. The SMILES string of the molecule is CC1CC2OC2CC1CC1(C(=O)O)CC2OC2CC1C.CCC1OC1CC(C)(C(=O)O)C1(C)CCC2OC2C1.O=C(O)C1(CC2CCC3OC3C2)CCC2OC2C1. The Balaban J connectivity index is 0.000000111. The second-order valence-electron chi connectivity index (χ2n) is 21.3. The van der Waals surface area contributed by atoms with Gasteiger partial charge in [0.2, 0.25) is 0 Å².